The highest BCUT2D eigenvalue weighted by molar-refractivity contribution is 6.30. The minimum Gasteiger partial charge on any atom is -0.350 e. The van der Waals surface area contributed by atoms with Gasteiger partial charge in [0, 0.05) is 29.4 Å². The zero-order valence-electron chi connectivity index (χ0n) is 19.0. The maximum absolute atomic E-state index is 13.9. The van der Waals surface area contributed by atoms with Crippen LogP contribution in [-0.2, 0) is 15.9 Å². The maximum Gasteiger partial charge on any atom is 0.254 e. The van der Waals surface area contributed by atoms with Crippen LogP contribution >= 0.6 is 11.6 Å². The molecule has 6 rings (SSSR count). The number of carbonyl (C=O) groups is 1. The Kier molecular flexibility index (Phi) is 5.85. The fraction of sp³-hybridized carbons (Fsp3) is 0.357. The Morgan fingerprint density at radius 3 is 2.50 bits per heavy atom. The standard InChI is InChI=1S/C28H27ClN2O3/c29-21-8-5-18(6-9-21)17-20-7-10-23-25(22-3-1-2-4-24(22)30-26(20)23)27(32)31-13-11-19(12-14-31)28-33-15-16-34-28/h1-6,8-9,17,19,28H,7,10-16H2/b20-17-. The fourth-order valence-corrected chi connectivity index (χ4v) is 5.59. The zero-order valence-corrected chi connectivity index (χ0v) is 19.8. The highest BCUT2D eigenvalue weighted by Gasteiger charge is 2.34. The van der Waals surface area contributed by atoms with Crippen LogP contribution in [0.3, 0.4) is 0 Å². The van der Waals surface area contributed by atoms with Crippen molar-refractivity contribution in [3.8, 4) is 0 Å². The van der Waals surface area contributed by atoms with E-state index in [0.717, 1.165) is 77.1 Å². The Morgan fingerprint density at radius 1 is 1.00 bits per heavy atom. The van der Waals surface area contributed by atoms with Crippen LogP contribution in [0.2, 0.25) is 5.02 Å². The Bertz CT molecular complexity index is 1260. The molecule has 0 unspecified atom stereocenters. The lowest BCUT2D eigenvalue weighted by molar-refractivity contribution is -0.0956. The van der Waals surface area contributed by atoms with Crippen molar-refractivity contribution in [3.63, 3.8) is 0 Å². The van der Waals surface area contributed by atoms with Gasteiger partial charge in [0.2, 0.25) is 0 Å². The van der Waals surface area contributed by atoms with E-state index in [9.17, 15) is 4.79 Å². The Balaban J connectivity index is 1.34. The first kappa shape index (κ1) is 21.8. The minimum atomic E-state index is -0.108. The number of para-hydroxylation sites is 1. The molecule has 0 radical (unpaired) electrons. The van der Waals surface area contributed by atoms with Gasteiger partial charge in [0.25, 0.3) is 5.91 Å². The first-order valence-corrected chi connectivity index (χ1v) is 12.5. The summed E-state index contributed by atoms with van der Waals surface area (Å²) in [7, 11) is 0. The molecule has 34 heavy (non-hydrogen) atoms. The number of ether oxygens (including phenoxy) is 2. The summed E-state index contributed by atoms with van der Waals surface area (Å²) in [6.07, 6.45) is 5.58. The van der Waals surface area contributed by atoms with E-state index in [1.54, 1.807) is 0 Å². The van der Waals surface area contributed by atoms with Crippen LogP contribution in [-0.4, -0.2) is 48.4 Å². The summed E-state index contributed by atoms with van der Waals surface area (Å²) in [6.45, 7) is 2.80. The maximum atomic E-state index is 13.9. The third-order valence-electron chi connectivity index (χ3n) is 7.23. The molecule has 2 aromatic carbocycles. The smallest absolute Gasteiger partial charge is 0.254 e. The topological polar surface area (TPSA) is 51.7 Å². The van der Waals surface area contributed by atoms with Crippen molar-refractivity contribution in [2.24, 2.45) is 5.92 Å². The number of rotatable bonds is 3. The quantitative estimate of drug-likeness (QED) is 0.495. The molecule has 3 aliphatic rings. The summed E-state index contributed by atoms with van der Waals surface area (Å²) in [4.78, 5) is 20.9. The fourth-order valence-electron chi connectivity index (χ4n) is 5.47. The van der Waals surface area contributed by atoms with E-state index in [0.29, 0.717) is 19.1 Å². The monoisotopic (exact) mass is 474 g/mol. The lowest BCUT2D eigenvalue weighted by atomic mass is 9.94. The molecule has 2 fully saturated rings. The van der Waals surface area contributed by atoms with E-state index in [-0.39, 0.29) is 12.2 Å². The molecule has 3 heterocycles. The largest absolute Gasteiger partial charge is 0.350 e. The molecule has 5 nitrogen and oxygen atoms in total. The number of pyridine rings is 1. The molecule has 1 aliphatic carbocycles. The summed E-state index contributed by atoms with van der Waals surface area (Å²) in [5.74, 6) is 0.481. The molecule has 2 aliphatic heterocycles. The molecule has 1 aromatic heterocycles. The predicted molar refractivity (Wildman–Crippen MR) is 134 cm³/mol. The van der Waals surface area contributed by atoms with Gasteiger partial charge < -0.3 is 14.4 Å². The van der Waals surface area contributed by atoms with E-state index in [1.807, 2.05) is 53.4 Å². The Morgan fingerprint density at radius 2 is 1.74 bits per heavy atom. The number of fused-ring (bicyclic) bond motifs is 2. The van der Waals surface area contributed by atoms with Crippen molar-refractivity contribution >= 4 is 40.1 Å². The lowest BCUT2D eigenvalue weighted by Gasteiger charge is -2.34. The van der Waals surface area contributed by atoms with Gasteiger partial charge in [0.05, 0.1) is 30.0 Å². The average Bonchev–Trinajstić information content (AvgIpc) is 3.55. The van der Waals surface area contributed by atoms with Crippen LogP contribution in [0.1, 0.15) is 46.4 Å². The van der Waals surface area contributed by atoms with Crippen molar-refractivity contribution in [3.05, 3.63) is 75.9 Å². The molecule has 0 atom stereocenters. The number of carbonyl (C=O) groups excluding carboxylic acids is 1. The summed E-state index contributed by atoms with van der Waals surface area (Å²) < 4.78 is 11.4. The molecule has 6 heteroatoms. The summed E-state index contributed by atoms with van der Waals surface area (Å²) in [5, 5.41) is 1.67. The molecule has 0 spiro atoms. The molecular formula is C28H27ClN2O3. The van der Waals surface area contributed by atoms with E-state index in [4.69, 9.17) is 26.1 Å². The molecule has 1 amide bonds. The van der Waals surface area contributed by atoms with Gasteiger partial charge in [-0.1, -0.05) is 41.9 Å². The van der Waals surface area contributed by atoms with Gasteiger partial charge in [0.1, 0.15) is 0 Å². The number of likely N-dealkylation sites (tertiary alicyclic amines) is 1. The lowest BCUT2D eigenvalue weighted by Crippen LogP contribution is -2.41. The number of benzene rings is 2. The van der Waals surface area contributed by atoms with Gasteiger partial charge in [-0.15, -0.1) is 0 Å². The third kappa shape index (κ3) is 4.02. The van der Waals surface area contributed by atoms with Gasteiger partial charge in [-0.3, -0.25) is 4.79 Å². The van der Waals surface area contributed by atoms with Crippen molar-refractivity contribution in [2.45, 2.75) is 32.0 Å². The average molecular weight is 475 g/mol. The molecule has 0 bridgehead atoms. The molecule has 3 aromatic rings. The number of aromatic nitrogens is 1. The second-order valence-electron chi connectivity index (χ2n) is 9.29. The minimum absolute atomic E-state index is 0.108. The second-order valence-corrected chi connectivity index (χ2v) is 9.73. The number of hydrogen-bond acceptors (Lipinski definition) is 4. The normalized spacial score (nSPS) is 20.4. The second kappa shape index (κ2) is 9.14. The van der Waals surface area contributed by atoms with E-state index in [1.165, 1.54) is 5.57 Å². The molecule has 0 saturated carbocycles. The van der Waals surface area contributed by atoms with Crippen molar-refractivity contribution in [1.29, 1.82) is 0 Å². The van der Waals surface area contributed by atoms with Crippen molar-refractivity contribution in [2.75, 3.05) is 26.3 Å². The number of piperidine rings is 1. The van der Waals surface area contributed by atoms with E-state index < -0.39 is 0 Å². The van der Waals surface area contributed by atoms with Crippen molar-refractivity contribution in [1.82, 2.24) is 9.88 Å². The van der Waals surface area contributed by atoms with Gasteiger partial charge in [0.15, 0.2) is 6.29 Å². The van der Waals surface area contributed by atoms with Crippen molar-refractivity contribution < 1.29 is 14.3 Å². The first-order chi connectivity index (χ1) is 16.7. The molecule has 2 saturated heterocycles. The van der Waals surface area contributed by atoms with Gasteiger partial charge >= 0.3 is 0 Å². The van der Waals surface area contributed by atoms with Crippen LogP contribution in [0.15, 0.2) is 48.5 Å². The van der Waals surface area contributed by atoms with Crippen LogP contribution in [0.5, 0.6) is 0 Å². The summed E-state index contributed by atoms with van der Waals surface area (Å²) in [5.41, 5.74) is 6.00. The predicted octanol–water partition coefficient (Wildman–Crippen LogP) is 5.60. The number of hydrogen-bond donors (Lipinski definition) is 0. The van der Waals surface area contributed by atoms with Gasteiger partial charge in [-0.2, -0.15) is 0 Å². The molecule has 174 valence electrons. The highest BCUT2D eigenvalue weighted by atomic mass is 35.5. The number of nitrogens with zero attached hydrogens (tertiary/aromatic N) is 2. The Hall–Kier alpha value is -2.73. The van der Waals surface area contributed by atoms with E-state index >= 15 is 0 Å². The third-order valence-corrected chi connectivity index (χ3v) is 7.48. The molecule has 0 N–H and O–H groups in total. The van der Waals surface area contributed by atoms with Crippen LogP contribution < -0.4 is 0 Å². The SMILES string of the molecule is O=C(c1c2c(nc3ccccc13)/C(=C\c1ccc(Cl)cc1)CC2)N1CCC(C2OCCO2)CC1. The summed E-state index contributed by atoms with van der Waals surface area (Å²) in [6, 6.07) is 15.9. The van der Waals surface area contributed by atoms with E-state index in [2.05, 4.69) is 6.08 Å². The van der Waals surface area contributed by atoms with Crippen LogP contribution in [0.4, 0.5) is 0 Å². The Labute approximate surface area is 204 Å². The zero-order chi connectivity index (χ0) is 23.1. The van der Waals surface area contributed by atoms with Crippen LogP contribution in [0.25, 0.3) is 22.6 Å². The number of allylic oxidation sites excluding steroid dienone is 1. The van der Waals surface area contributed by atoms with Gasteiger partial charge in [-0.25, -0.2) is 4.98 Å². The number of halogens is 1. The highest BCUT2D eigenvalue weighted by Crippen LogP contribution is 2.38. The van der Waals surface area contributed by atoms with Crippen LogP contribution in [0, 0.1) is 5.92 Å². The first-order valence-electron chi connectivity index (χ1n) is 12.1. The molecular weight excluding hydrogens is 448 g/mol. The summed E-state index contributed by atoms with van der Waals surface area (Å²) >= 11 is 6.06. The van der Waals surface area contributed by atoms with Gasteiger partial charge in [-0.05, 0) is 66.7 Å². The number of amides is 1.